The average Bonchev–Trinajstić information content (AvgIpc) is 2.30. The van der Waals surface area contributed by atoms with Gasteiger partial charge in [-0.2, -0.15) is 0 Å². The summed E-state index contributed by atoms with van der Waals surface area (Å²) in [5.41, 5.74) is 1.42. The molecular formula is C16H34O3Si. The first-order valence-corrected chi connectivity index (χ1v) is 10.0. The first kappa shape index (κ1) is 19.6. The zero-order chi connectivity index (χ0) is 16.1. The smallest absolute Gasteiger partial charge is 0.333 e. The quantitative estimate of drug-likeness (QED) is 0.479. The lowest BCUT2D eigenvalue weighted by molar-refractivity contribution is -0.152. The molecule has 120 valence electrons. The van der Waals surface area contributed by atoms with Gasteiger partial charge < -0.3 is 9.16 Å². The Kier molecular flexibility index (Phi) is 8.03. The normalized spacial score (nSPS) is 14.4. The second kappa shape index (κ2) is 8.18. The number of hydrogen-bond donors (Lipinski definition) is 0. The predicted octanol–water partition coefficient (Wildman–Crippen LogP) is 4.77. The van der Waals surface area contributed by atoms with E-state index in [2.05, 4.69) is 41.5 Å². The number of hydrogen-bond acceptors (Lipinski definition) is 3. The van der Waals surface area contributed by atoms with Gasteiger partial charge in [-0.1, -0.05) is 55.4 Å². The van der Waals surface area contributed by atoms with Crippen molar-refractivity contribution in [3.8, 4) is 0 Å². The standard InChI is InChI=1S/C16H34O3Si/c1-11(2)10-18-16(17)15(9)19-20(12(3)4,13(5)6)14(7)8/h11-15H,10H2,1-9H3/t15-/m1/s1. The van der Waals surface area contributed by atoms with Crippen LogP contribution in [0.4, 0.5) is 0 Å². The fourth-order valence-electron chi connectivity index (χ4n) is 3.13. The number of rotatable bonds is 8. The highest BCUT2D eigenvalue weighted by molar-refractivity contribution is 6.77. The zero-order valence-corrected chi connectivity index (χ0v) is 15.8. The molecule has 4 heteroatoms. The van der Waals surface area contributed by atoms with Crippen LogP contribution >= 0.6 is 0 Å². The van der Waals surface area contributed by atoms with Crippen molar-refractivity contribution < 1.29 is 14.0 Å². The van der Waals surface area contributed by atoms with E-state index in [4.69, 9.17) is 9.16 Å². The molecule has 0 aliphatic heterocycles. The van der Waals surface area contributed by atoms with Crippen molar-refractivity contribution in [3.63, 3.8) is 0 Å². The molecule has 0 radical (unpaired) electrons. The van der Waals surface area contributed by atoms with Crippen molar-refractivity contribution in [1.29, 1.82) is 0 Å². The van der Waals surface area contributed by atoms with Crippen LogP contribution in [-0.4, -0.2) is 27.0 Å². The maximum Gasteiger partial charge on any atom is 0.333 e. The van der Waals surface area contributed by atoms with Gasteiger partial charge in [-0.15, -0.1) is 0 Å². The van der Waals surface area contributed by atoms with Gasteiger partial charge in [0.1, 0.15) is 6.10 Å². The molecule has 0 fully saturated rings. The van der Waals surface area contributed by atoms with Crippen LogP contribution in [0.1, 0.15) is 62.3 Å². The SMILES string of the molecule is CC(C)COC(=O)[C@@H](C)O[Si](C(C)C)(C(C)C)C(C)C. The van der Waals surface area contributed by atoms with Crippen molar-refractivity contribution in [1.82, 2.24) is 0 Å². The van der Waals surface area contributed by atoms with E-state index in [9.17, 15) is 4.79 Å². The van der Waals surface area contributed by atoms with Gasteiger partial charge in [0, 0.05) is 0 Å². The van der Waals surface area contributed by atoms with E-state index in [-0.39, 0.29) is 5.97 Å². The van der Waals surface area contributed by atoms with Crippen molar-refractivity contribution in [3.05, 3.63) is 0 Å². The summed E-state index contributed by atoms with van der Waals surface area (Å²) in [4.78, 5) is 12.1. The van der Waals surface area contributed by atoms with Gasteiger partial charge in [-0.05, 0) is 29.5 Å². The molecule has 0 aromatic rings. The molecule has 0 saturated carbocycles. The predicted molar refractivity (Wildman–Crippen MR) is 87.4 cm³/mol. The Morgan fingerprint density at radius 2 is 1.25 bits per heavy atom. The highest BCUT2D eigenvalue weighted by Crippen LogP contribution is 2.43. The average molecular weight is 303 g/mol. The fraction of sp³-hybridized carbons (Fsp3) is 0.938. The third kappa shape index (κ3) is 4.88. The van der Waals surface area contributed by atoms with Gasteiger partial charge in [0.25, 0.3) is 0 Å². The van der Waals surface area contributed by atoms with Gasteiger partial charge >= 0.3 is 5.97 Å². The summed E-state index contributed by atoms with van der Waals surface area (Å²) in [6, 6.07) is 0. The molecule has 0 aromatic heterocycles. The molecule has 0 bridgehead atoms. The van der Waals surface area contributed by atoms with Crippen LogP contribution in [0.2, 0.25) is 16.6 Å². The lowest BCUT2D eigenvalue weighted by Crippen LogP contribution is -2.51. The molecule has 0 amide bonds. The number of ether oxygens (including phenoxy) is 1. The Bertz CT molecular complexity index is 276. The van der Waals surface area contributed by atoms with Crippen LogP contribution < -0.4 is 0 Å². The molecule has 20 heavy (non-hydrogen) atoms. The third-order valence-electron chi connectivity index (χ3n) is 3.98. The molecular weight excluding hydrogens is 268 g/mol. The monoisotopic (exact) mass is 302 g/mol. The maximum absolute atomic E-state index is 12.1. The summed E-state index contributed by atoms with van der Waals surface area (Å²) in [5, 5.41) is 0. The molecule has 0 N–H and O–H groups in total. The van der Waals surface area contributed by atoms with Gasteiger partial charge in [0.15, 0.2) is 0 Å². The Labute approximate surface area is 126 Å². The minimum Gasteiger partial charge on any atom is -0.464 e. The van der Waals surface area contributed by atoms with Crippen LogP contribution in [-0.2, 0) is 14.0 Å². The topological polar surface area (TPSA) is 35.5 Å². The van der Waals surface area contributed by atoms with E-state index in [1.54, 1.807) is 0 Å². The summed E-state index contributed by atoms with van der Waals surface area (Å²) in [7, 11) is -2.01. The first-order chi connectivity index (χ1) is 9.05. The summed E-state index contributed by atoms with van der Waals surface area (Å²) in [6.07, 6.45) is -0.465. The van der Waals surface area contributed by atoms with E-state index >= 15 is 0 Å². The van der Waals surface area contributed by atoms with Crippen molar-refractivity contribution in [2.45, 2.75) is 85.0 Å². The van der Waals surface area contributed by atoms with E-state index < -0.39 is 14.4 Å². The maximum atomic E-state index is 12.1. The van der Waals surface area contributed by atoms with Crippen LogP contribution in [0.15, 0.2) is 0 Å². The Morgan fingerprint density at radius 3 is 1.55 bits per heavy atom. The molecule has 0 rings (SSSR count). The molecule has 0 heterocycles. The first-order valence-electron chi connectivity index (χ1n) is 7.90. The fourth-order valence-corrected chi connectivity index (χ4v) is 8.65. The van der Waals surface area contributed by atoms with Crippen molar-refractivity contribution in [2.75, 3.05) is 6.61 Å². The van der Waals surface area contributed by atoms with Gasteiger partial charge in [-0.25, -0.2) is 4.79 Å². The minimum absolute atomic E-state index is 0.225. The lowest BCUT2D eigenvalue weighted by atomic mass is 10.2. The number of carbonyl (C=O) groups is 1. The van der Waals surface area contributed by atoms with Crippen LogP contribution in [0.3, 0.4) is 0 Å². The molecule has 0 saturated heterocycles. The van der Waals surface area contributed by atoms with Crippen molar-refractivity contribution in [2.24, 2.45) is 5.92 Å². The molecule has 1 atom stereocenters. The number of carbonyl (C=O) groups excluding carboxylic acids is 1. The highest BCUT2D eigenvalue weighted by atomic mass is 28.4. The van der Waals surface area contributed by atoms with E-state index in [0.29, 0.717) is 29.1 Å². The Morgan fingerprint density at radius 1 is 0.850 bits per heavy atom. The Hall–Kier alpha value is -0.353. The molecule has 0 aromatic carbocycles. The number of esters is 1. The van der Waals surface area contributed by atoms with Gasteiger partial charge in [-0.3, -0.25) is 0 Å². The van der Waals surface area contributed by atoms with Crippen LogP contribution in [0, 0.1) is 5.92 Å². The van der Waals surface area contributed by atoms with Crippen LogP contribution in [0.5, 0.6) is 0 Å². The summed E-state index contributed by atoms with van der Waals surface area (Å²) in [6.45, 7) is 19.7. The lowest BCUT2D eigenvalue weighted by Gasteiger charge is -2.43. The van der Waals surface area contributed by atoms with Gasteiger partial charge in [0.05, 0.1) is 6.61 Å². The summed E-state index contributed by atoms with van der Waals surface area (Å²) < 4.78 is 11.7. The zero-order valence-electron chi connectivity index (χ0n) is 14.8. The van der Waals surface area contributed by atoms with E-state index in [1.165, 1.54) is 0 Å². The largest absolute Gasteiger partial charge is 0.464 e. The highest BCUT2D eigenvalue weighted by Gasteiger charge is 2.47. The Balaban J connectivity index is 4.95. The molecule has 3 nitrogen and oxygen atoms in total. The summed E-state index contributed by atoms with van der Waals surface area (Å²) >= 11 is 0. The second-order valence-corrected chi connectivity index (χ2v) is 12.5. The van der Waals surface area contributed by atoms with E-state index in [0.717, 1.165) is 0 Å². The second-order valence-electron chi connectivity index (χ2n) is 7.10. The van der Waals surface area contributed by atoms with Crippen molar-refractivity contribution >= 4 is 14.3 Å². The molecule has 0 aliphatic rings. The van der Waals surface area contributed by atoms with E-state index in [1.807, 2.05) is 20.8 Å². The molecule has 0 aliphatic carbocycles. The molecule has 0 unspecified atom stereocenters. The molecule has 0 spiro atoms. The third-order valence-corrected chi connectivity index (χ3v) is 10.2. The minimum atomic E-state index is -2.01. The summed E-state index contributed by atoms with van der Waals surface area (Å²) in [5.74, 6) is 0.131. The van der Waals surface area contributed by atoms with Gasteiger partial charge in [0.2, 0.25) is 8.32 Å². The van der Waals surface area contributed by atoms with Crippen LogP contribution in [0.25, 0.3) is 0 Å².